The molecule has 1 heterocycles. The first kappa shape index (κ1) is 15.7. The monoisotopic (exact) mass is 303 g/mol. The number of anilines is 2. The van der Waals surface area contributed by atoms with Crippen LogP contribution in [0.5, 0.6) is 5.75 Å². The van der Waals surface area contributed by atoms with Crippen LogP contribution in [0.25, 0.3) is 0 Å². The van der Waals surface area contributed by atoms with Crippen molar-refractivity contribution < 1.29 is 4.74 Å². The Bertz CT molecular complexity index is 593. The van der Waals surface area contributed by atoms with Crippen molar-refractivity contribution in [3.63, 3.8) is 0 Å². The third-order valence-electron chi connectivity index (χ3n) is 3.14. The SMILES string of the molecule is CCOc1cc(N(CC)CC)ccc1/C=N/Nc1nn[nH]n1. The van der Waals surface area contributed by atoms with Crippen LogP contribution in [-0.2, 0) is 0 Å². The van der Waals surface area contributed by atoms with E-state index in [0.717, 1.165) is 30.1 Å². The summed E-state index contributed by atoms with van der Waals surface area (Å²) in [7, 11) is 0. The van der Waals surface area contributed by atoms with Crippen molar-refractivity contribution in [3.05, 3.63) is 23.8 Å². The van der Waals surface area contributed by atoms with Crippen molar-refractivity contribution in [3.8, 4) is 5.75 Å². The van der Waals surface area contributed by atoms with Gasteiger partial charge in [0, 0.05) is 30.4 Å². The van der Waals surface area contributed by atoms with Crippen molar-refractivity contribution in [1.82, 2.24) is 20.6 Å². The Balaban J connectivity index is 2.17. The van der Waals surface area contributed by atoms with Gasteiger partial charge < -0.3 is 9.64 Å². The van der Waals surface area contributed by atoms with Gasteiger partial charge in [-0.05, 0) is 38.1 Å². The number of ether oxygens (including phenoxy) is 1. The average molecular weight is 303 g/mol. The number of H-pyrrole nitrogens is 1. The fourth-order valence-electron chi connectivity index (χ4n) is 2.06. The maximum absolute atomic E-state index is 5.71. The van der Waals surface area contributed by atoms with Gasteiger partial charge in [0.15, 0.2) is 0 Å². The van der Waals surface area contributed by atoms with Crippen molar-refractivity contribution >= 4 is 17.9 Å². The van der Waals surface area contributed by atoms with Crippen molar-refractivity contribution in [1.29, 1.82) is 0 Å². The molecule has 0 unspecified atom stereocenters. The largest absolute Gasteiger partial charge is 0.493 e. The van der Waals surface area contributed by atoms with Gasteiger partial charge in [0.1, 0.15) is 5.75 Å². The molecule has 1 aromatic heterocycles. The summed E-state index contributed by atoms with van der Waals surface area (Å²) in [5.41, 5.74) is 4.71. The van der Waals surface area contributed by atoms with Gasteiger partial charge >= 0.3 is 0 Å². The standard InChI is InChI=1S/C14H21N7O/c1-4-21(5-2)12-8-7-11(13(9-12)22-6-3)10-15-16-14-17-19-20-18-14/h7-10H,4-6H2,1-3H3,(H2,16,17,18,19,20)/b15-10+. The number of rotatable bonds is 8. The van der Waals surface area contributed by atoms with Gasteiger partial charge in [0.25, 0.3) is 5.95 Å². The summed E-state index contributed by atoms with van der Waals surface area (Å²) in [4.78, 5) is 2.26. The summed E-state index contributed by atoms with van der Waals surface area (Å²) in [6.45, 7) is 8.73. The number of aromatic amines is 1. The Kier molecular flexibility index (Phi) is 5.70. The molecule has 0 fully saturated rings. The van der Waals surface area contributed by atoms with Gasteiger partial charge in [-0.3, -0.25) is 0 Å². The molecule has 0 saturated heterocycles. The van der Waals surface area contributed by atoms with Crippen LogP contribution >= 0.6 is 0 Å². The maximum atomic E-state index is 5.71. The Morgan fingerprint density at radius 2 is 2.14 bits per heavy atom. The molecule has 0 saturated carbocycles. The molecule has 0 radical (unpaired) electrons. The topological polar surface area (TPSA) is 91.3 Å². The third kappa shape index (κ3) is 3.94. The van der Waals surface area contributed by atoms with Crippen LogP contribution in [0.15, 0.2) is 23.3 Å². The predicted molar refractivity (Wildman–Crippen MR) is 86.6 cm³/mol. The number of nitrogens with one attached hydrogen (secondary N) is 2. The molecule has 8 nitrogen and oxygen atoms in total. The zero-order chi connectivity index (χ0) is 15.8. The third-order valence-corrected chi connectivity index (χ3v) is 3.14. The Labute approximate surface area is 129 Å². The summed E-state index contributed by atoms with van der Waals surface area (Å²) < 4.78 is 5.71. The first-order valence-electron chi connectivity index (χ1n) is 7.32. The number of hydrogen-bond acceptors (Lipinski definition) is 7. The molecule has 0 aliphatic carbocycles. The lowest BCUT2D eigenvalue weighted by Gasteiger charge is -2.22. The van der Waals surface area contributed by atoms with E-state index in [1.54, 1.807) is 6.21 Å². The molecule has 2 N–H and O–H groups in total. The molecule has 1 aromatic carbocycles. The summed E-state index contributed by atoms with van der Waals surface area (Å²) in [6.07, 6.45) is 1.67. The van der Waals surface area contributed by atoms with Gasteiger partial charge in [0.2, 0.25) is 0 Å². The normalized spacial score (nSPS) is 10.9. The van der Waals surface area contributed by atoms with Crippen molar-refractivity contribution in [2.75, 3.05) is 30.0 Å². The second-order valence-electron chi connectivity index (χ2n) is 4.43. The van der Waals surface area contributed by atoms with Gasteiger partial charge in [-0.25, -0.2) is 5.43 Å². The lowest BCUT2D eigenvalue weighted by molar-refractivity contribution is 0.340. The van der Waals surface area contributed by atoms with E-state index >= 15 is 0 Å². The molecule has 2 rings (SSSR count). The Hall–Kier alpha value is -2.64. The fraction of sp³-hybridized carbons (Fsp3) is 0.429. The van der Waals surface area contributed by atoms with Gasteiger partial charge in [-0.2, -0.15) is 10.3 Å². The van der Waals surface area contributed by atoms with E-state index in [0.29, 0.717) is 12.6 Å². The molecule has 0 aliphatic heterocycles. The molecule has 22 heavy (non-hydrogen) atoms. The number of aromatic nitrogens is 4. The summed E-state index contributed by atoms with van der Waals surface area (Å²) in [6, 6.07) is 6.08. The van der Waals surface area contributed by atoms with Crippen LogP contribution < -0.4 is 15.1 Å². The molecule has 8 heteroatoms. The quantitative estimate of drug-likeness (QED) is 0.571. The van der Waals surface area contributed by atoms with E-state index in [-0.39, 0.29) is 0 Å². The summed E-state index contributed by atoms with van der Waals surface area (Å²) in [5, 5.41) is 17.4. The molecule has 0 aliphatic rings. The molecule has 0 atom stereocenters. The van der Waals surface area contributed by atoms with Crippen LogP contribution in [0.4, 0.5) is 11.6 Å². The second kappa shape index (κ2) is 7.96. The highest BCUT2D eigenvalue weighted by molar-refractivity contribution is 5.85. The minimum atomic E-state index is 0.314. The number of hydrazone groups is 1. The van der Waals surface area contributed by atoms with Gasteiger partial charge in [-0.15, -0.1) is 5.10 Å². The molecule has 118 valence electrons. The summed E-state index contributed by atoms with van der Waals surface area (Å²) in [5.74, 6) is 1.11. The molecule has 0 amide bonds. The molecular formula is C14H21N7O. The lowest BCUT2D eigenvalue weighted by Crippen LogP contribution is -2.21. The van der Waals surface area contributed by atoms with E-state index in [1.165, 1.54) is 0 Å². The van der Waals surface area contributed by atoms with E-state index in [1.807, 2.05) is 19.1 Å². The predicted octanol–water partition coefficient (Wildman–Crippen LogP) is 1.89. The van der Waals surface area contributed by atoms with E-state index in [9.17, 15) is 0 Å². The molecule has 2 aromatic rings. The van der Waals surface area contributed by atoms with Crippen LogP contribution in [0.1, 0.15) is 26.3 Å². The van der Waals surface area contributed by atoms with Gasteiger partial charge in [-0.1, -0.05) is 5.10 Å². The fourth-order valence-corrected chi connectivity index (χ4v) is 2.06. The smallest absolute Gasteiger partial charge is 0.283 e. The van der Waals surface area contributed by atoms with Gasteiger partial charge in [0.05, 0.1) is 12.8 Å². The van der Waals surface area contributed by atoms with Crippen LogP contribution in [0.2, 0.25) is 0 Å². The van der Waals surface area contributed by atoms with Crippen molar-refractivity contribution in [2.45, 2.75) is 20.8 Å². The molecule has 0 bridgehead atoms. The molecular weight excluding hydrogens is 282 g/mol. The minimum absolute atomic E-state index is 0.314. The minimum Gasteiger partial charge on any atom is -0.493 e. The van der Waals surface area contributed by atoms with Crippen molar-refractivity contribution in [2.24, 2.45) is 5.10 Å². The molecule has 0 spiro atoms. The van der Waals surface area contributed by atoms with Crippen LogP contribution in [-0.4, -0.2) is 46.5 Å². The first-order chi connectivity index (χ1) is 10.8. The summed E-state index contributed by atoms with van der Waals surface area (Å²) >= 11 is 0. The Morgan fingerprint density at radius 3 is 2.77 bits per heavy atom. The highest BCUT2D eigenvalue weighted by Crippen LogP contribution is 2.25. The highest BCUT2D eigenvalue weighted by Gasteiger charge is 2.07. The highest BCUT2D eigenvalue weighted by atomic mass is 16.5. The zero-order valence-corrected chi connectivity index (χ0v) is 13.1. The number of nitrogens with zero attached hydrogens (tertiary/aromatic N) is 5. The maximum Gasteiger partial charge on any atom is 0.283 e. The van der Waals surface area contributed by atoms with E-state index in [4.69, 9.17) is 4.74 Å². The van der Waals surface area contributed by atoms with Crippen LogP contribution in [0.3, 0.4) is 0 Å². The number of hydrogen-bond donors (Lipinski definition) is 2. The lowest BCUT2D eigenvalue weighted by atomic mass is 10.2. The Morgan fingerprint density at radius 1 is 1.32 bits per heavy atom. The number of benzene rings is 1. The van der Waals surface area contributed by atoms with E-state index in [2.05, 4.69) is 56.0 Å². The average Bonchev–Trinajstić information content (AvgIpc) is 3.04. The first-order valence-corrected chi connectivity index (χ1v) is 7.32. The van der Waals surface area contributed by atoms with E-state index < -0.39 is 0 Å². The number of tetrazole rings is 1. The zero-order valence-electron chi connectivity index (χ0n) is 13.1. The van der Waals surface area contributed by atoms with Crippen LogP contribution in [0, 0.1) is 0 Å². The second-order valence-corrected chi connectivity index (χ2v) is 4.43.